The summed E-state index contributed by atoms with van der Waals surface area (Å²) in [5.74, 6) is 1.13. The number of sulfonamides is 1. The van der Waals surface area contributed by atoms with Gasteiger partial charge in [-0.2, -0.15) is 0 Å². The second kappa shape index (κ2) is 7.57. The van der Waals surface area contributed by atoms with E-state index in [1.54, 1.807) is 36.4 Å². The zero-order chi connectivity index (χ0) is 17.7. The van der Waals surface area contributed by atoms with Crippen LogP contribution < -0.4 is 14.2 Å². The first kappa shape index (κ1) is 18.1. The predicted octanol–water partition coefficient (Wildman–Crippen LogP) is 4.06. The maximum Gasteiger partial charge on any atom is 0.262 e. The van der Waals surface area contributed by atoms with Crippen LogP contribution in [0.1, 0.15) is 27.7 Å². The molecule has 0 aliphatic carbocycles. The summed E-state index contributed by atoms with van der Waals surface area (Å²) in [5.41, 5.74) is 0.411. The molecule has 0 saturated heterocycles. The smallest absolute Gasteiger partial charge is 0.262 e. The van der Waals surface area contributed by atoms with Gasteiger partial charge in [-0.3, -0.25) is 4.72 Å². The summed E-state index contributed by atoms with van der Waals surface area (Å²) in [6.07, 6.45) is -0.0197. The van der Waals surface area contributed by atoms with Crippen LogP contribution >= 0.6 is 0 Å². The third-order valence-electron chi connectivity index (χ3n) is 3.00. The van der Waals surface area contributed by atoms with Crippen molar-refractivity contribution in [2.45, 2.75) is 44.8 Å². The monoisotopic (exact) mass is 349 g/mol. The summed E-state index contributed by atoms with van der Waals surface area (Å²) in [6.45, 7) is 7.60. The second-order valence-corrected chi connectivity index (χ2v) is 7.59. The van der Waals surface area contributed by atoms with Gasteiger partial charge in [0.25, 0.3) is 10.0 Å². The Morgan fingerprint density at radius 1 is 0.833 bits per heavy atom. The van der Waals surface area contributed by atoms with E-state index in [1.165, 1.54) is 12.1 Å². The van der Waals surface area contributed by atoms with Crippen LogP contribution in [0.5, 0.6) is 11.5 Å². The molecule has 2 rings (SSSR count). The fraction of sp³-hybridized carbons (Fsp3) is 0.333. The molecule has 1 N–H and O–H groups in total. The summed E-state index contributed by atoms with van der Waals surface area (Å²) in [5, 5.41) is 0. The number of nitrogens with one attached hydrogen (secondary N) is 1. The van der Waals surface area contributed by atoms with Gasteiger partial charge in [-0.15, -0.1) is 0 Å². The molecule has 2 aromatic carbocycles. The molecule has 0 radical (unpaired) electrons. The average molecular weight is 349 g/mol. The van der Waals surface area contributed by atoms with Crippen molar-refractivity contribution in [1.82, 2.24) is 0 Å². The first-order valence-corrected chi connectivity index (χ1v) is 9.31. The molecule has 0 aliphatic heterocycles. The number of anilines is 1. The van der Waals surface area contributed by atoms with E-state index >= 15 is 0 Å². The highest BCUT2D eigenvalue weighted by molar-refractivity contribution is 7.92. The van der Waals surface area contributed by atoms with Gasteiger partial charge in [0.15, 0.2) is 0 Å². The highest BCUT2D eigenvalue weighted by Crippen LogP contribution is 2.28. The summed E-state index contributed by atoms with van der Waals surface area (Å²) in [7, 11) is -3.70. The van der Waals surface area contributed by atoms with Gasteiger partial charge in [-0.05, 0) is 64.1 Å². The van der Waals surface area contributed by atoms with Crippen LogP contribution in [0.3, 0.4) is 0 Å². The highest BCUT2D eigenvalue weighted by atomic mass is 32.2. The van der Waals surface area contributed by atoms with Gasteiger partial charge in [0, 0.05) is 0 Å². The third-order valence-corrected chi connectivity index (χ3v) is 4.38. The largest absolute Gasteiger partial charge is 0.491 e. The molecule has 130 valence electrons. The van der Waals surface area contributed by atoms with E-state index in [0.29, 0.717) is 17.2 Å². The molecule has 0 amide bonds. The Morgan fingerprint density at radius 2 is 1.42 bits per heavy atom. The molecule has 0 fully saturated rings. The Bertz CT molecular complexity index is 768. The first-order valence-electron chi connectivity index (χ1n) is 7.83. The first-order chi connectivity index (χ1) is 11.3. The summed E-state index contributed by atoms with van der Waals surface area (Å²) in [4.78, 5) is 0.165. The molecule has 0 saturated carbocycles. The number of hydrogen-bond acceptors (Lipinski definition) is 4. The van der Waals surface area contributed by atoms with Crippen molar-refractivity contribution < 1.29 is 17.9 Å². The normalized spacial score (nSPS) is 11.6. The van der Waals surface area contributed by atoms with Crippen LogP contribution in [-0.2, 0) is 10.0 Å². The van der Waals surface area contributed by atoms with Crippen molar-refractivity contribution in [3.63, 3.8) is 0 Å². The fourth-order valence-electron chi connectivity index (χ4n) is 2.08. The third kappa shape index (κ3) is 4.89. The summed E-state index contributed by atoms with van der Waals surface area (Å²) >= 11 is 0. The zero-order valence-corrected chi connectivity index (χ0v) is 15.1. The minimum atomic E-state index is -3.70. The molecule has 6 heteroatoms. The quantitative estimate of drug-likeness (QED) is 0.818. The van der Waals surface area contributed by atoms with E-state index in [0.717, 1.165) is 0 Å². The molecule has 0 heterocycles. The van der Waals surface area contributed by atoms with E-state index < -0.39 is 10.0 Å². The maximum atomic E-state index is 12.6. The lowest BCUT2D eigenvalue weighted by Crippen LogP contribution is -2.15. The zero-order valence-electron chi connectivity index (χ0n) is 14.3. The van der Waals surface area contributed by atoms with E-state index in [-0.39, 0.29) is 17.1 Å². The minimum Gasteiger partial charge on any atom is -0.491 e. The Hall–Kier alpha value is -2.21. The summed E-state index contributed by atoms with van der Waals surface area (Å²) < 4.78 is 38.9. The number of hydrogen-bond donors (Lipinski definition) is 1. The standard InChI is InChI=1S/C18H23NO4S/c1-13(2)22-15-9-11-16(12-10-15)24(20,21)19-17-7-5-6-8-18(17)23-14(3)4/h5-14,19H,1-4H3. The van der Waals surface area contributed by atoms with Crippen molar-refractivity contribution >= 4 is 15.7 Å². The SMILES string of the molecule is CC(C)Oc1ccc(S(=O)(=O)Nc2ccccc2OC(C)C)cc1. The lowest BCUT2D eigenvalue weighted by atomic mass is 10.3. The Balaban J connectivity index is 2.22. The van der Waals surface area contributed by atoms with Gasteiger partial charge in [0.1, 0.15) is 11.5 Å². The molecule has 0 spiro atoms. The number of ether oxygens (including phenoxy) is 2. The van der Waals surface area contributed by atoms with Gasteiger partial charge in [0.2, 0.25) is 0 Å². The van der Waals surface area contributed by atoms with E-state index in [9.17, 15) is 8.42 Å². The molecular formula is C18H23NO4S. The Labute approximate surface area is 143 Å². The summed E-state index contributed by atoms with van der Waals surface area (Å²) in [6, 6.07) is 13.3. The molecule has 0 atom stereocenters. The minimum absolute atomic E-state index is 0.0330. The lowest BCUT2D eigenvalue weighted by Gasteiger charge is -2.16. The number of benzene rings is 2. The van der Waals surface area contributed by atoms with Crippen molar-refractivity contribution in [3.05, 3.63) is 48.5 Å². The molecular weight excluding hydrogens is 326 g/mol. The van der Waals surface area contributed by atoms with Crippen LogP contribution in [0.15, 0.2) is 53.4 Å². The van der Waals surface area contributed by atoms with Gasteiger partial charge in [-0.25, -0.2) is 8.42 Å². The molecule has 24 heavy (non-hydrogen) atoms. The maximum absolute atomic E-state index is 12.6. The number of para-hydroxylation sites is 2. The number of rotatable bonds is 7. The van der Waals surface area contributed by atoms with Crippen molar-refractivity contribution in [2.24, 2.45) is 0 Å². The van der Waals surface area contributed by atoms with E-state index in [1.807, 2.05) is 27.7 Å². The van der Waals surface area contributed by atoms with Crippen LogP contribution in [0.4, 0.5) is 5.69 Å². The molecule has 2 aromatic rings. The molecule has 0 bridgehead atoms. The highest BCUT2D eigenvalue weighted by Gasteiger charge is 2.17. The van der Waals surface area contributed by atoms with Crippen LogP contribution in [0.2, 0.25) is 0 Å². The molecule has 0 unspecified atom stereocenters. The second-order valence-electron chi connectivity index (χ2n) is 5.91. The molecule has 0 aromatic heterocycles. The Kier molecular flexibility index (Phi) is 5.72. The van der Waals surface area contributed by atoms with Crippen LogP contribution in [-0.4, -0.2) is 20.6 Å². The van der Waals surface area contributed by atoms with Gasteiger partial charge in [-0.1, -0.05) is 12.1 Å². The average Bonchev–Trinajstić information content (AvgIpc) is 2.48. The van der Waals surface area contributed by atoms with Gasteiger partial charge in [0.05, 0.1) is 22.8 Å². The van der Waals surface area contributed by atoms with E-state index in [2.05, 4.69) is 4.72 Å². The predicted molar refractivity (Wildman–Crippen MR) is 95.2 cm³/mol. The van der Waals surface area contributed by atoms with E-state index in [4.69, 9.17) is 9.47 Å². The van der Waals surface area contributed by atoms with Crippen LogP contribution in [0.25, 0.3) is 0 Å². The topological polar surface area (TPSA) is 64.6 Å². The van der Waals surface area contributed by atoms with Crippen LogP contribution in [0, 0.1) is 0 Å². The molecule has 0 aliphatic rings. The lowest BCUT2D eigenvalue weighted by molar-refractivity contribution is 0.242. The fourth-order valence-corrected chi connectivity index (χ4v) is 3.15. The Morgan fingerprint density at radius 3 is 2.00 bits per heavy atom. The van der Waals surface area contributed by atoms with Gasteiger partial charge >= 0.3 is 0 Å². The van der Waals surface area contributed by atoms with Gasteiger partial charge < -0.3 is 9.47 Å². The van der Waals surface area contributed by atoms with Crippen molar-refractivity contribution in [1.29, 1.82) is 0 Å². The van der Waals surface area contributed by atoms with Crippen molar-refractivity contribution in [3.8, 4) is 11.5 Å². The molecule has 5 nitrogen and oxygen atoms in total. The van der Waals surface area contributed by atoms with Crippen molar-refractivity contribution in [2.75, 3.05) is 4.72 Å².